The van der Waals surface area contributed by atoms with Crippen molar-refractivity contribution in [2.75, 3.05) is 0 Å². The van der Waals surface area contributed by atoms with Gasteiger partial charge in [0.1, 0.15) is 12.4 Å². The number of nitrogens with zero attached hydrogens (tertiary/aromatic N) is 2. The Morgan fingerprint density at radius 3 is 2.91 bits per heavy atom. The number of hydrogen-bond acceptors (Lipinski definition) is 6. The van der Waals surface area contributed by atoms with Gasteiger partial charge < -0.3 is 4.74 Å². The summed E-state index contributed by atoms with van der Waals surface area (Å²) in [5.74, 6) is 0.268. The van der Waals surface area contributed by atoms with E-state index in [4.69, 9.17) is 16.3 Å². The van der Waals surface area contributed by atoms with Gasteiger partial charge in [-0.2, -0.15) is 0 Å². The van der Waals surface area contributed by atoms with Gasteiger partial charge >= 0.3 is 5.76 Å². The molecule has 0 saturated carbocycles. The van der Waals surface area contributed by atoms with E-state index < -0.39 is 5.76 Å². The summed E-state index contributed by atoms with van der Waals surface area (Å²) in [5.41, 5.74) is 1.50. The molecule has 22 heavy (non-hydrogen) atoms. The van der Waals surface area contributed by atoms with Gasteiger partial charge in [0.05, 0.1) is 15.6 Å². The zero-order chi connectivity index (χ0) is 15.7. The van der Waals surface area contributed by atoms with E-state index in [1.165, 1.54) is 11.3 Å². The normalized spacial score (nSPS) is 10.9. The molecule has 0 amide bonds. The number of ether oxygens (including phenoxy) is 1. The summed E-state index contributed by atoms with van der Waals surface area (Å²) in [6, 6.07) is 5.12. The molecule has 9 heteroatoms. The number of aromatic amines is 1. The number of H-pyrrole nitrogens is 1. The number of hydrogen-bond donors (Lipinski definition) is 1. The predicted octanol–water partition coefficient (Wildman–Crippen LogP) is 3.79. The summed E-state index contributed by atoms with van der Waals surface area (Å²) in [5, 5.41) is 4.01. The maximum Gasteiger partial charge on any atom is 0.439 e. The molecule has 0 radical (unpaired) electrons. The molecule has 0 bridgehead atoms. The molecular weight excluding hydrogens is 394 g/mol. The molecule has 3 rings (SSSR count). The van der Waals surface area contributed by atoms with Gasteiger partial charge in [-0.15, -0.1) is 11.3 Å². The zero-order valence-electron chi connectivity index (χ0n) is 11.2. The van der Waals surface area contributed by atoms with E-state index in [-0.39, 0.29) is 5.82 Å². The van der Waals surface area contributed by atoms with Crippen LogP contribution in [0.25, 0.3) is 11.4 Å². The molecule has 114 valence electrons. The van der Waals surface area contributed by atoms with Crippen molar-refractivity contribution in [2.45, 2.75) is 13.5 Å². The zero-order valence-corrected chi connectivity index (χ0v) is 14.4. The highest BCUT2D eigenvalue weighted by molar-refractivity contribution is 9.11. The summed E-state index contributed by atoms with van der Waals surface area (Å²) in [6.07, 6.45) is 0. The lowest BCUT2D eigenvalue weighted by Gasteiger charge is -2.07. The second-order valence-corrected chi connectivity index (χ2v) is 7.12. The van der Waals surface area contributed by atoms with Crippen LogP contribution >= 0.6 is 38.9 Å². The average molecular weight is 403 g/mol. The van der Waals surface area contributed by atoms with E-state index in [1.54, 1.807) is 18.2 Å². The monoisotopic (exact) mass is 401 g/mol. The maximum atomic E-state index is 11.0. The molecule has 0 fully saturated rings. The second kappa shape index (κ2) is 6.23. The van der Waals surface area contributed by atoms with Crippen LogP contribution in [-0.2, 0) is 6.61 Å². The van der Waals surface area contributed by atoms with Crippen molar-refractivity contribution in [1.29, 1.82) is 0 Å². The number of aromatic nitrogens is 3. The molecule has 1 aromatic carbocycles. The third kappa shape index (κ3) is 3.23. The fraction of sp³-hybridized carbons (Fsp3) is 0.154. The van der Waals surface area contributed by atoms with Gasteiger partial charge in [-0.3, -0.25) is 9.51 Å². The van der Waals surface area contributed by atoms with Crippen LogP contribution in [0.3, 0.4) is 0 Å². The van der Waals surface area contributed by atoms with E-state index in [0.29, 0.717) is 22.9 Å². The second-order valence-electron chi connectivity index (χ2n) is 4.35. The summed E-state index contributed by atoms with van der Waals surface area (Å²) in [4.78, 5) is 18.7. The fourth-order valence-corrected chi connectivity index (χ4v) is 3.61. The Morgan fingerprint density at radius 1 is 1.50 bits per heavy atom. The first kappa shape index (κ1) is 15.3. The number of halogens is 2. The van der Waals surface area contributed by atoms with Gasteiger partial charge in [-0.25, -0.2) is 9.78 Å². The number of aryl methyl sites for hydroxylation is 1. The number of rotatable bonds is 4. The molecule has 6 nitrogen and oxygen atoms in total. The first-order valence-electron chi connectivity index (χ1n) is 6.13. The van der Waals surface area contributed by atoms with Gasteiger partial charge in [0.15, 0.2) is 9.74 Å². The van der Waals surface area contributed by atoms with Crippen molar-refractivity contribution < 1.29 is 9.26 Å². The fourth-order valence-electron chi connectivity index (χ4n) is 1.80. The van der Waals surface area contributed by atoms with Gasteiger partial charge in [0.25, 0.3) is 0 Å². The van der Waals surface area contributed by atoms with Crippen molar-refractivity contribution in [2.24, 2.45) is 0 Å². The van der Waals surface area contributed by atoms with Gasteiger partial charge in [-0.1, -0.05) is 16.8 Å². The first-order valence-corrected chi connectivity index (χ1v) is 8.12. The molecule has 0 aliphatic heterocycles. The van der Waals surface area contributed by atoms with Crippen molar-refractivity contribution in [3.8, 4) is 17.1 Å². The lowest BCUT2D eigenvalue weighted by atomic mass is 10.2. The molecule has 0 spiro atoms. The average Bonchev–Trinajstić information content (AvgIpc) is 3.02. The molecule has 0 saturated heterocycles. The Hall–Kier alpha value is -1.64. The van der Waals surface area contributed by atoms with E-state index in [1.807, 2.05) is 6.92 Å². The van der Waals surface area contributed by atoms with Crippen LogP contribution < -0.4 is 10.5 Å². The molecule has 0 aliphatic carbocycles. The largest absolute Gasteiger partial charge is 0.488 e. The highest BCUT2D eigenvalue weighted by atomic mass is 79.9. The summed E-state index contributed by atoms with van der Waals surface area (Å²) >= 11 is 11.1. The van der Waals surface area contributed by atoms with E-state index in [2.05, 4.69) is 35.6 Å². The molecule has 0 atom stereocenters. The van der Waals surface area contributed by atoms with Crippen LogP contribution in [0.1, 0.15) is 10.6 Å². The van der Waals surface area contributed by atoms with Gasteiger partial charge in [-0.05, 0) is 41.1 Å². The van der Waals surface area contributed by atoms with Gasteiger partial charge in [0.2, 0.25) is 0 Å². The lowest BCUT2D eigenvalue weighted by molar-refractivity contribution is 0.309. The minimum atomic E-state index is -0.627. The van der Waals surface area contributed by atoms with E-state index >= 15 is 0 Å². The van der Waals surface area contributed by atoms with Crippen LogP contribution in [0.2, 0.25) is 5.02 Å². The van der Waals surface area contributed by atoms with Crippen LogP contribution in [0, 0.1) is 6.92 Å². The minimum absolute atomic E-state index is 0.281. The van der Waals surface area contributed by atoms with E-state index in [0.717, 1.165) is 14.5 Å². The number of benzene rings is 1. The Bertz CT molecular complexity index is 874. The Balaban J connectivity index is 1.77. The van der Waals surface area contributed by atoms with Gasteiger partial charge in [0, 0.05) is 5.56 Å². The SMILES string of the molecule is Cc1nc(Br)sc1COc1ccc(-c2noc(=O)[nH]2)c(Cl)c1. The van der Waals surface area contributed by atoms with Crippen molar-refractivity contribution in [3.05, 3.63) is 48.3 Å². The summed E-state index contributed by atoms with van der Waals surface area (Å²) in [7, 11) is 0. The molecule has 0 aliphatic rings. The topological polar surface area (TPSA) is 81.0 Å². The molecular formula is C13H9BrClN3O3S. The van der Waals surface area contributed by atoms with E-state index in [9.17, 15) is 4.79 Å². The van der Waals surface area contributed by atoms with Crippen LogP contribution in [0.5, 0.6) is 5.75 Å². The third-order valence-corrected chi connectivity index (χ3v) is 4.77. The van der Waals surface area contributed by atoms with Crippen molar-refractivity contribution >= 4 is 38.9 Å². The molecule has 2 heterocycles. The van der Waals surface area contributed by atoms with Crippen molar-refractivity contribution in [1.82, 2.24) is 15.1 Å². The quantitative estimate of drug-likeness (QED) is 0.718. The molecule has 1 N–H and O–H groups in total. The standard InChI is InChI=1S/C13H9BrClN3O3S/c1-6-10(22-12(14)16-6)5-20-7-2-3-8(9(15)4-7)11-17-13(19)21-18-11/h2-4H,5H2,1H3,(H,17,18,19). The highest BCUT2D eigenvalue weighted by Gasteiger charge is 2.11. The Kier molecular flexibility index (Phi) is 4.32. The predicted molar refractivity (Wildman–Crippen MR) is 86.5 cm³/mol. The smallest absolute Gasteiger partial charge is 0.439 e. The first-order chi connectivity index (χ1) is 10.5. The van der Waals surface area contributed by atoms with Crippen LogP contribution in [0.15, 0.2) is 31.4 Å². The highest BCUT2D eigenvalue weighted by Crippen LogP contribution is 2.30. The lowest BCUT2D eigenvalue weighted by Crippen LogP contribution is -1.96. The van der Waals surface area contributed by atoms with Crippen LogP contribution in [0.4, 0.5) is 0 Å². The Morgan fingerprint density at radius 2 is 2.32 bits per heavy atom. The summed E-state index contributed by atoms with van der Waals surface area (Å²) in [6.45, 7) is 2.34. The molecule has 2 aromatic heterocycles. The number of nitrogens with one attached hydrogen (secondary N) is 1. The molecule has 0 unspecified atom stereocenters. The maximum absolute atomic E-state index is 11.0. The third-order valence-electron chi connectivity index (χ3n) is 2.87. The summed E-state index contributed by atoms with van der Waals surface area (Å²) < 4.78 is 11.0. The Labute approximate surface area is 142 Å². The van der Waals surface area contributed by atoms with Crippen molar-refractivity contribution in [3.63, 3.8) is 0 Å². The molecule has 3 aromatic rings. The van der Waals surface area contributed by atoms with Crippen LogP contribution in [-0.4, -0.2) is 15.1 Å². The number of thiazole rings is 1. The minimum Gasteiger partial charge on any atom is -0.488 e.